The molecule has 0 spiro atoms. The molecule has 2 nitrogen and oxygen atoms in total. The van der Waals surface area contributed by atoms with Crippen LogP contribution in [0.5, 0.6) is 0 Å². The van der Waals surface area contributed by atoms with Gasteiger partial charge in [0.1, 0.15) is 0 Å². The smallest absolute Gasteiger partial charge is 0.254 e. The van der Waals surface area contributed by atoms with Crippen LogP contribution in [0.4, 0.5) is 0 Å². The summed E-state index contributed by atoms with van der Waals surface area (Å²) in [5.41, 5.74) is 2.29. The van der Waals surface area contributed by atoms with Crippen molar-refractivity contribution in [2.24, 2.45) is 5.41 Å². The molecule has 20 heavy (non-hydrogen) atoms. The first-order valence-corrected chi connectivity index (χ1v) is 8.13. The Morgan fingerprint density at radius 2 is 1.90 bits per heavy atom. The molecule has 1 aliphatic carbocycles. The molecule has 0 saturated heterocycles. The second kappa shape index (κ2) is 5.88. The monoisotopic (exact) mass is 337 g/mol. The van der Waals surface area contributed by atoms with E-state index in [4.69, 9.17) is 0 Å². The van der Waals surface area contributed by atoms with Crippen LogP contribution in [-0.2, 0) is 0 Å². The van der Waals surface area contributed by atoms with Gasteiger partial charge in [-0.05, 0) is 55.7 Å². The van der Waals surface area contributed by atoms with Crippen LogP contribution in [0, 0.1) is 12.3 Å². The van der Waals surface area contributed by atoms with Crippen molar-refractivity contribution in [1.29, 1.82) is 0 Å². The number of nitrogens with zero attached hydrogens (tertiary/aromatic N) is 1. The zero-order chi connectivity index (χ0) is 14.9. The summed E-state index contributed by atoms with van der Waals surface area (Å²) >= 11 is 3.45. The van der Waals surface area contributed by atoms with Crippen LogP contribution in [0.25, 0.3) is 0 Å². The fourth-order valence-electron chi connectivity index (χ4n) is 2.95. The molecule has 1 aliphatic rings. The first-order chi connectivity index (χ1) is 9.30. The summed E-state index contributed by atoms with van der Waals surface area (Å²) in [6.45, 7) is 6.64. The fraction of sp³-hybridized carbons (Fsp3) is 0.588. The molecule has 0 unspecified atom stereocenters. The van der Waals surface area contributed by atoms with E-state index < -0.39 is 0 Å². The Kier molecular flexibility index (Phi) is 4.58. The lowest BCUT2D eigenvalue weighted by atomic mass is 9.75. The third kappa shape index (κ3) is 3.43. The largest absolute Gasteiger partial charge is 0.339 e. The van der Waals surface area contributed by atoms with Gasteiger partial charge < -0.3 is 4.90 Å². The van der Waals surface area contributed by atoms with Crippen LogP contribution in [-0.4, -0.2) is 23.9 Å². The number of hydrogen-bond acceptors (Lipinski definition) is 1. The zero-order valence-corrected chi connectivity index (χ0v) is 14.5. The summed E-state index contributed by atoms with van der Waals surface area (Å²) in [4.78, 5) is 14.6. The lowest BCUT2D eigenvalue weighted by Gasteiger charge is -2.38. The molecular weight excluding hydrogens is 314 g/mol. The second-order valence-electron chi connectivity index (χ2n) is 6.77. The Morgan fingerprint density at radius 1 is 1.30 bits per heavy atom. The number of halogens is 1. The zero-order valence-electron chi connectivity index (χ0n) is 12.9. The van der Waals surface area contributed by atoms with Crippen molar-refractivity contribution in [1.82, 2.24) is 4.90 Å². The number of carbonyl (C=O) groups is 1. The van der Waals surface area contributed by atoms with E-state index in [9.17, 15) is 4.79 Å². The summed E-state index contributed by atoms with van der Waals surface area (Å²) in [5.74, 6) is 0.147. The minimum Gasteiger partial charge on any atom is -0.339 e. The first kappa shape index (κ1) is 15.6. The quantitative estimate of drug-likeness (QED) is 0.759. The summed E-state index contributed by atoms with van der Waals surface area (Å²) in [7, 11) is 1.95. The third-order valence-electron chi connectivity index (χ3n) is 4.61. The normalized spacial score (nSPS) is 18.9. The van der Waals surface area contributed by atoms with Gasteiger partial charge in [-0.25, -0.2) is 0 Å². The standard InChI is InChI=1S/C17H24BrNO/c1-12-5-6-13(18)11-15(12)16(20)19(4)14-7-9-17(2,3)10-8-14/h5-6,11,14H,7-10H2,1-4H3. The van der Waals surface area contributed by atoms with Gasteiger partial charge in [-0.15, -0.1) is 0 Å². The molecule has 3 heteroatoms. The van der Waals surface area contributed by atoms with Gasteiger partial charge in [-0.1, -0.05) is 35.8 Å². The number of aryl methyl sites for hydroxylation is 1. The van der Waals surface area contributed by atoms with E-state index in [1.165, 1.54) is 12.8 Å². The predicted octanol–water partition coefficient (Wildman–Crippen LogP) is 4.80. The van der Waals surface area contributed by atoms with Gasteiger partial charge in [0.05, 0.1) is 0 Å². The van der Waals surface area contributed by atoms with E-state index in [-0.39, 0.29) is 5.91 Å². The summed E-state index contributed by atoms with van der Waals surface area (Å²) < 4.78 is 0.963. The topological polar surface area (TPSA) is 20.3 Å². The van der Waals surface area contributed by atoms with Crippen LogP contribution in [0.15, 0.2) is 22.7 Å². The molecule has 0 bridgehead atoms. The van der Waals surface area contributed by atoms with Gasteiger partial charge in [0, 0.05) is 23.1 Å². The summed E-state index contributed by atoms with van der Waals surface area (Å²) in [6.07, 6.45) is 4.63. The minimum absolute atomic E-state index is 0.147. The van der Waals surface area contributed by atoms with Crippen molar-refractivity contribution >= 4 is 21.8 Å². The van der Waals surface area contributed by atoms with Gasteiger partial charge in [0.2, 0.25) is 0 Å². The highest BCUT2D eigenvalue weighted by molar-refractivity contribution is 9.10. The van der Waals surface area contributed by atoms with Gasteiger partial charge in [0.15, 0.2) is 0 Å². The molecule has 1 aromatic carbocycles. The Bertz CT molecular complexity index is 500. The SMILES string of the molecule is Cc1ccc(Br)cc1C(=O)N(C)C1CCC(C)(C)CC1. The van der Waals surface area contributed by atoms with Gasteiger partial charge in [-0.3, -0.25) is 4.79 Å². The average Bonchev–Trinajstić information content (AvgIpc) is 2.40. The third-order valence-corrected chi connectivity index (χ3v) is 5.10. The molecule has 110 valence electrons. The van der Waals surface area contributed by atoms with Gasteiger partial charge in [0.25, 0.3) is 5.91 Å². The fourth-order valence-corrected chi connectivity index (χ4v) is 3.31. The minimum atomic E-state index is 0.147. The highest BCUT2D eigenvalue weighted by atomic mass is 79.9. The van der Waals surface area contributed by atoms with E-state index in [0.717, 1.165) is 28.4 Å². The van der Waals surface area contributed by atoms with E-state index in [0.29, 0.717) is 11.5 Å². The number of carbonyl (C=O) groups excluding carboxylic acids is 1. The van der Waals surface area contributed by atoms with Crippen molar-refractivity contribution in [2.45, 2.75) is 52.5 Å². The lowest BCUT2D eigenvalue weighted by Crippen LogP contribution is -2.41. The van der Waals surface area contributed by atoms with Crippen molar-refractivity contribution in [2.75, 3.05) is 7.05 Å². The summed E-state index contributed by atoms with van der Waals surface area (Å²) in [5, 5.41) is 0. The summed E-state index contributed by atoms with van der Waals surface area (Å²) in [6, 6.07) is 6.29. The maximum absolute atomic E-state index is 12.7. The molecule has 0 atom stereocenters. The van der Waals surface area contributed by atoms with Gasteiger partial charge in [-0.2, -0.15) is 0 Å². The van der Waals surface area contributed by atoms with Crippen LogP contribution >= 0.6 is 15.9 Å². The Labute approximate surface area is 130 Å². The molecule has 0 radical (unpaired) electrons. The number of hydrogen-bond donors (Lipinski definition) is 0. The lowest BCUT2D eigenvalue weighted by molar-refractivity contribution is 0.0634. The maximum atomic E-state index is 12.7. The van der Waals surface area contributed by atoms with Crippen molar-refractivity contribution < 1.29 is 4.79 Å². The molecule has 0 heterocycles. The molecular formula is C17H24BrNO. The second-order valence-corrected chi connectivity index (χ2v) is 7.69. The Morgan fingerprint density at radius 3 is 2.50 bits per heavy atom. The van der Waals surface area contributed by atoms with E-state index in [2.05, 4.69) is 29.8 Å². The molecule has 0 aromatic heterocycles. The van der Waals surface area contributed by atoms with Crippen molar-refractivity contribution in [3.05, 3.63) is 33.8 Å². The van der Waals surface area contributed by atoms with Crippen LogP contribution in [0.1, 0.15) is 55.5 Å². The van der Waals surface area contributed by atoms with Crippen LogP contribution in [0.3, 0.4) is 0 Å². The Hall–Kier alpha value is -0.830. The number of amides is 1. The molecule has 1 fully saturated rings. The first-order valence-electron chi connectivity index (χ1n) is 7.33. The van der Waals surface area contributed by atoms with Crippen LogP contribution in [0.2, 0.25) is 0 Å². The van der Waals surface area contributed by atoms with E-state index in [1.807, 2.05) is 37.1 Å². The number of benzene rings is 1. The van der Waals surface area contributed by atoms with E-state index >= 15 is 0 Å². The Balaban J connectivity index is 2.11. The molecule has 1 amide bonds. The molecule has 0 N–H and O–H groups in total. The van der Waals surface area contributed by atoms with E-state index in [1.54, 1.807) is 0 Å². The molecule has 2 rings (SSSR count). The van der Waals surface area contributed by atoms with Gasteiger partial charge >= 0.3 is 0 Å². The highest BCUT2D eigenvalue weighted by Gasteiger charge is 2.31. The predicted molar refractivity (Wildman–Crippen MR) is 87.0 cm³/mol. The van der Waals surface area contributed by atoms with Crippen LogP contribution < -0.4 is 0 Å². The average molecular weight is 338 g/mol. The molecule has 0 aliphatic heterocycles. The van der Waals surface area contributed by atoms with Crippen molar-refractivity contribution in [3.8, 4) is 0 Å². The molecule has 1 aromatic rings. The number of rotatable bonds is 2. The van der Waals surface area contributed by atoms with Crippen molar-refractivity contribution in [3.63, 3.8) is 0 Å². The molecule has 1 saturated carbocycles. The maximum Gasteiger partial charge on any atom is 0.254 e. The highest BCUT2D eigenvalue weighted by Crippen LogP contribution is 2.37.